The van der Waals surface area contributed by atoms with Crippen LogP contribution in [0.1, 0.15) is 66.3 Å². The topological polar surface area (TPSA) is 68.5 Å². The summed E-state index contributed by atoms with van der Waals surface area (Å²) in [6.07, 6.45) is 15.8. The van der Waals surface area contributed by atoms with Gasteiger partial charge in [-0.25, -0.2) is 9.97 Å². The number of hydrogen-bond acceptors (Lipinski definition) is 3. The first-order valence-electron chi connectivity index (χ1n) is 11.9. The number of aromatic amines is 1. The number of pyridine rings is 1. The van der Waals surface area contributed by atoms with E-state index in [1.54, 1.807) is 12.5 Å². The third-order valence-electron chi connectivity index (χ3n) is 6.26. The smallest absolute Gasteiger partial charge is 0.139 e. The SMILES string of the molecule is CC(C)C(=O)CCn1ccnc1.CCCC(C)C(CC)n1ccc2cnc3[nH]ccc3c21. The van der Waals surface area contributed by atoms with E-state index >= 15 is 0 Å². The first-order chi connectivity index (χ1) is 15.5. The minimum absolute atomic E-state index is 0.147. The van der Waals surface area contributed by atoms with Gasteiger partial charge in [0.05, 0.1) is 11.8 Å². The van der Waals surface area contributed by atoms with Crippen LogP contribution in [0, 0.1) is 11.8 Å². The highest BCUT2D eigenvalue weighted by molar-refractivity contribution is 6.02. The lowest BCUT2D eigenvalue weighted by Gasteiger charge is -2.25. The molecule has 0 aliphatic rings. The highest BCUT2D eigenvalue weighted by Gasteiger charge is 2.19. The van der Waals surface area contributed by atoms with Crippen molar-refractivity contribution in [1.82, 2.24) is 24.1 Å². The Morgan fingerprint density at radius 2 is 1.97 bits per heavy atom. The van der Waals surface area contributed by atoms with Gasteiger partial charge in [0.25, 0.3) is 0 Å². The van der Waals surface area contributed by atoms with Gasteiger partial charge in [-0.05, 0) is 30.9 Å². The van der Waals surface area contributed by atoms with Crippen molar-refractivity contribution in [3.8, 4) is 0 Å². The van der Waals surface area contributed by atoms with Gasteiger partial charge in [0.2, 0.25) is 0 Å². The van der Waals surface area contributed by atoms with E-state index in [1.165, 1.54) is 35.6 Å². The second-order valence-corrected chi connectivity index (χ2v) is 8.94. The molecular formula is C26H37N5O. The van der Waals surface area contributed by atoms with Crippen molar-refractivity contribution >= 4 is 27.7 Å². The number of fused-ring (bicyclic) bond motifs is 3. The second kappa shape index (κ2) is 11.1. The van der Waals surface area contributed by atoms with Crippen LogP contribution < -0.4 is 0 Å². The van der Waals surface area contributed by atoms with Crippen molar-refractivity contribution < 1.29 is 4.79 Å². The van der Waals surface area contributed by atoms with Gasteiger partial charge in [-0.1, -0.05) is 41.0 Å². The number of carbonyl (C=O) groups is 1. The van der Waals surface area contributed by atoms with Gasteiger partial charge in [-0.2, -0.15) is 0 Å². The summed E-state index contributed by atoms with van der Waals surface area (Å²) >= 11 is 0. The maximum Gasteiger partial charge on any atom is 0.139 e. The molecule has 6 nitrogen and oxygen atoms in total. The zero-order valence-electron chi connectivity index (χ0n) is 20.1. The van der Waals surface area contributed by atoms with Gasteiger partial charge in [0.15, 0.2) is 0 Å². The zero-order chi connectivity index (χ0) is 23.1. The molecule has 2 atom stereocenters. The van der Waals surface area contributed by atoms with Crippen LogP contribution in [0.2, 0.25) is 0 Å². The lowest BCUT2D eigenvalue weighted by molar-refractivity contribution is -0.122. The van der Waals surface area contributed by atoms with Gasteiger partial charge < -0.3 is 14.1 Å². The van der Waals surface area contributed by atoms with Crippen molar-refractivity contribution in [2.75, 3.05) is 0 Å². The molecule has 0 bridgehead atoms. The molecular weight excluding hydrogens is 398 g/mol. The molecule has 172 valence electrons. The molecule has 0 saturated carbocycles. The molecule has 0 aliphatic carbocycles. The minimum atomic E-state index is 0.147. The molecule has 1 N–H and O–H groups in total. The summed E-state index contributed by atoms with van der Waals surface area (Å²) in [7, 11) is 0. The molecule has 2 unspecified atom stereocenters. The van der Waals surface area contributed by atoms with Crippen molar-refractivity contribution in [2.24, 2.45) is 11.8 Å². The van der Waals surface area contributed by atoms with E-state index in [2.05, 4.69) is 58.6 Å². The average molecular weight is 436 g/mol. The lowest BCUT2D eigenvalue weighted by Crippen LogP contribution is -2.15. The van der Waals surface area contributed by atoms with E-state index in [1.807, 2.05) is 37.0 Å². The van der Waals surface area contributed by atoms with Crippen molar-refractivity contribution in [3.63, 3.8) is 0 Å². The largest absolute Gasteiger partial charge is 0.346 e. The number of aromatic nitrogens is 5. The molecule has 0 radical (unpaired) electrons. The summed E-state index contributed by atoms with van der Waals surface area (Å²) in [6.45, 7) is 11.5. The van der Waals surface area contributed by atoms with Crippen LogP contribution in [0.15, 0.2) is 49.4 Å². The third-order valence-corrected chi connectivity index (χ3v) is 6.26. The summed E-state index contributed by atoms with van der Waals surface area (Å²) < 4.78 is 4.38. The number of aryl methyl sites for hydroxylation is 1. The molecule has 4 aromatic rings. The first-order valence-corrected chi connectivity index (χ1v) is 11.9. The highest BCUT2D eigenvalue weighted by atomic mass is 16.1. The number of Topliss-reactive ketones (excluding diaryl/α,β-unsaturated/α-hetero) is 1. The van der Waals surface area contributed by atoms with Crippen LogP contribution in [0.25, 0.3) is 21.9 Å². The average Bonchev–Trinajstić information content (AvgIpc) is 3.53. The number of ketones is 1. The molecule has 6 heteroatoms. The van der Waals surface area contributed by atoms with Crippen LogP contribution in [-0.4, -0.2) is 29.9 Å². The maximum atomic E-state index is 11.2. The monoisotopic (exact) mass is 435 g/mol. The minimum Gasteiger partial charge on any atom is -0.346 e. The summed E-state index contributed by atoms with van der Waals surface area (Å²) in [4.78, 5) is 22.8. The molecule has 0 amide bonds. The van der Waals surface area contributed by atoms with E-state index in [9.17, 15) is 4.79 Å². The fourth-order valence-corrected chi connectivity index (χ4v) is 4.40. The number of hydrogen-bond donors (Lipinski definition) is 1. The standard InChI is InChI=1S/C17H23N3.C9H14N2O/c1-4-6-12(3)15(5-2)20-10-8-13-11-19-17-14(16(13)20)7-9-18-17;1-8(2)9(12)3-5-11-6-4-10-7-11/h7-12,15H,4-6H2,1-3H3,(H,18,19);4,6-8H,3,5H2,1-2H3. The predicted octanol–water partition coefficient (Wildman–Crippen LogP) is 6.40. The summed E-state index contributed by atoms with van der Waals surface area (Å²) in [6, 6.07) is 4.89. The summed E-state index contributed by atoms with van der Waals surface area (Å²) in [5.74, 6) is 1.15. The Labute approximate surface area is 191 Å². The molecule has 0 fully saturated rings. The number of nitrogens with one attached hydrogen (secondary N) is 1. The Morgan fingerprint density at radius 3 is 2.62 bits per heavy atom. The fourth-order valence-electron chi connectivity index (χ4n) is 4.40. The number of imidazole rings is 1. The molecule has 4 aromatic heterocycles. The Kier molecular flexibility index (Phi) is 8.26. The molecule has 0 aromatic carbocycles. The van der Waals surface area contributed by atoms with E-state index in [0.717, 1.165) is 12.2 Å². The number of carbonyl (C=O) groups excluding carboxylic acids is 1. The van der Waals surface area contributed by atoms with Crippen LogP contribution in [0.3, 0.4) is 0 Å². The second-order valence-electron chi connectivity index (χ2n) is 8.94. The van der Waals surface area contributed by atoms with Crippen molar-refractivity contribution in [1.29, 1.82) is 0 Å². The van der Waals surface area contributed by atoms with Crippen molar-refractivity contribution in [3.05, 3.63) is 49.4 Å². The van der Waals surface area contributed by atoms with Gasteiger partial charge >= 0.3 is 0 Å². The number of nitrogens with zero attached hydrogens (tertiary/aromatic N) is 4. The van der Waals surface area contributed by atoms with E-state index in [4.69, 9.17) is 0 Å². The van der Waals surface area contributed by atoms with E-state index in [-0.39, 0.29) is 5.92 Å². The maximum absolute atomic E-state index is 11.2. The first kappa shape index (κ1) is 23.8. The summed E-state index contributed by atoms with van der Waals surface area (Å²) in [5.41, 5.74) is 2.31. The fraction of sp³-hybridized carbons (Fsp3) is 0.500. The number of rotatable bonds is 9. The van der Waals surface area contributed by atoms with Crippen LogP contribution in [0.5, 0.6) is 0 Å². The number of H-pyrrole nitrogens is 1. The normalized spacial score (nSPS) is 13.3. The predicted molar refractivity (Wildman–Crippen MR) is 132 cm³/mol. The Morgan fingerprint density at radius 1 is 1.16 bits per heavy atom. The lowest BCUT2D eigenvalue weighted by atomic mass is 9.94. The summed E-state index contributed by atoms with van der Waals surface area (Å²) in [5, 5.41) is 2.47. The Hall–Kier alpha value is -2.89. The van der Waals surface area contributed by atoms with Gasteiger partial charge in [-0.3, -0.25) is 4.79 Å². The van der Waals surface area contributed by atoms with Gasteiger partial charge in [-0.15, -0.1) is 0 Å². The molecule has 4 rings (SSSR count). The van der Waals surface area contributed by atoms with Crippen LogP contribution in [-0.2, 0) is 11.3 Å². The van der Waals surface area contributed by atoms with Gasteiger partial charge in [0, 0.05) is 66.7 Å². The molecule has 0 spiro atoms. The van der Waals surface area contributed by atoms with Crippen LogP contribution >= 0.6 is 0 Å². The zero-order valence-corrected chi connectivity index (χ0v) is 20.1. The van der Waals surface area contributed by atoms with Crippen molar-refractivity contribution in [2.45, 2.75) is 72.9 Å². The third kappa shape index (κ3) is 5.47. The van der Waals surface area contributed by atoms with Gasteiger partial charge in [0.1, 0.15) is 11.4 Å². The Balaban J connectivity index is 0.000000207. The van der Waals surface area contributed by atoms with Crippen LogP contribution in [0.4, 0.5) is 0 Å². The Bertz CT molecular complexity index is 1110. The quantitative estimate of drug-likeness (QED) is 0.330. The van der Waals surface area contributed by atoms with E-state index < -0.39 is 0 Å². The molecule has 0 aliphatic heterocycles. The molecule has 32 heavy (non-hydrogen) atoms. The molecule has 0 saturated heterocycles. The highest BCUT2D eigenvalue weighted by Crippen LogP contribution is 2.32. The van der Waals surface area contributed by atoms with E-state index in [0.29, 0.717) is 24.2 Å². The molecule has 4 heterocycles.